The topological polar surface area (TPSA) is 99.6 Å². The van der Waals surface area contributed by atoms with Gasteiger partial charge in [0.25, 0.3) is 5.91 Å². The summed E-state index contributed by atoms with van der Waals surface area (Å²) < 4.78 is 4.94. The summed E-state index contributed by atoms with van der Waals surface area (Å²) in [5.74, 6) is 0.633. The molecule has 0 saturated carbocycles. The molecule has 1 aromatic carbocycles. The van der Waals surface area contributed by atoms with Crippen molar-refractivity contribution in [1.29, 1.82) is 0 Å². The largest absolute Gasteiger partial charge is 0.349 e. The Bertz CT molecular complexity index is 1280. The fourth-order valence-corrected chi connectivity index (χ4v) is 4.02. The van der Waals surface area contributed by atoms with Crippen molar-refractivity contribution >= 4 is 5.91 Å². The maximum Gasteiger partial charge on any atom is 0.346 e. The molecule has 162 valence electrons. The van der Waals surface area contributed by atoms with Crippen LogP contribution in [-0.2, 0) is 19.5 Å². The van der Waals surface area contributed by atoms with Gasteiger partial charge in [0.1, 0.15) is 5.82 Å². The van der Waals surface area contributed by atoms with Crippen LogP contribution in [0.25, 0.3) is 5.69 Å². The maximum absolute atomic E-state index is 12.8. The van der Waals surface area contributed by atoms with Gasteiger partial charge >= 0.3 is 5.69 Å². The van der Waals surface area contributed by atoms with E-state index >= 15 is 0 Å². The van der Waals surface area contributed by atoms with Crippen molar-refractivity contribution in [3.05, 3.63) is 94.7 Å². The van der Waals surface area contributed by atoms with Crippen LogP contribution in [0.1, 0.15) is 34.6 Å². The Hall–Kier alpha value is -4.01. The number of pyridine rings is 1. The summed E-state index contributed by atoms with van der Waals surface area (Å²) in [6.45, 7) is 0.929. The predicted molar refractivity (Wildman–Crippen MR) is 118 cm³/mol. The number of amides is 1. The van der Waals surface area contributed by atoms with Crippen LogP contribution in [-0.4, -0.2) is 41.1 Å². The fraction of sp³-hybridized carbons (Fsp3) is 0.261. The van der Waals surface area contributed by atoms with Gasteiger partial charge in [-0.3, -0.25) is 14.3 Å². The number of rotatable bonds is 5. The molecular weight excluding hydrogens is 406 g/mol. The lowest BCUT2D eigenvalue weighted by Crippen LogP contribution is -2.36. The number of aromatic nitrogens is 6. The predicted octanol–water partition coefficient (Wildman–Crippen LogP) is 1.81. The molecule has 1 amide bonds. The highest BCUT2D eigenvalue weighted by Crippen LogP contribution is 2.15. The summed E-state index contributed by atoms with van der Waals surface area (Å²) in [5, 5.41) is 11.9. The molecule has 1 aliphatic rings. The highest BCUT2D eigenvalue weighted by atomic mass is 16.2. The third kappa shape index (κ3) is 4.09. The van der Waals surface area contributed by atoms with Gasteiger partial charge in [-0.25, -0.2) is 14.2 Å². The van der Waals surface area contributed by atoms with Crippen LogP contribution >= 0.6 is 0 Å². The number of nitrogens with zero attached hydrogens (tertiary/aromatic N) is 6. The van der Waals surface area contributed by atoms with Gasteiger partial charge in [0.15, 0.2) is 0 Å². The van der Waals surface area contributed by atoms with Crippen molar-refractivity contribution in [3.63, 3.8) is 0 Å². The fourth-order valence-electron chi connectivity index (χ4n) is 4.02. The SMILES string of the molecule is O=C(NC1CCc2nn(Cc3cccnc3)c(=O)n2CC1)c1cccc(-n2cccn2)c1. The van der Waals surface area contributed by atoms with E-state index in [1.54, 1.807) is 33.9 Å². The molecule has 0 bridgehead atoms. The van der Waals surface area contributed by atoms with Crippen LogP contribution in [0.2, 0.25) is 0 Å². The molecule has 32 heavy (non-hydrogen) atoms. The lowest BCUT2D eigenvalue weighted by Gasteiger charge is -2.16. The van der Waals surface area contributed by atoms with E-state index in [1.807, 2.05) is 42.6 Å². The second-order valence-electron chi connectivity index (χ2n) is 7.87. The van der Waals surface area contributed by atoms with E-state index in [4.69, 9.17) is 0 Å². The Morgan fingerprint density at radius 2 is 2.06 bits per heavy atom. The van der Waals surface area contributed by atoms with Gasteiger partial charge < -0.3 is 5.32 Å². The molecular formula is C23H23N7O2. The first-order chi connectivity index (χ1) is 15.7. The van der Waals surface area contributed by atoms with Crippen molar-refractivity contribution in [2.24, 2.45) is 0 Å². The Kier molecular flexibility index (Phi) is 5.37. The molecule has 9 nitrogen and oxygen atoms in total. The first-order valence-electron chi connectivity index (χ1n) is 10.6. The smallest absolute Gasteiger partial charge is 0.346 e. The normalized spacial score (nSPS) is 15.7. The maximum atomic E-state index is 12.8. The van der Waals surface area contributed by atoms with Crippen molar-refractivity contribution in [2.45, 2.75) is 38.4 Å². The molecule has 0 saturated heterocycles. The Labute approximate surface area is 184 Å². The van der Waals surface area contributed by atoms with Crippen LogP contribution in [0.4, 0.5) is 0 Å². The Morgan fingerprint density at radius 1 is 1.12 bits per heavy atom. The minimum atomic E-state index is -0.127. The van der Waals surface area contributed by atoms with Gasteiger partial charge in [-0.1, -0.05) is 12.1 Å². The Balaban J connectivity index is 1.25. The number of hydrogen-bond acceptors (Lipinski definition) is 5. The number of fused-ring (bicyclic) bond motifs is 1. The summed E-state index contributed by atoms with van der Waals surface area (Å²) in [6, 6.07) is 13.0. The molecule has 3 aromatic heterocycles. The summed E-state index contributed by atoms with van der Waals surface area (Å²) >= 11 is 0. The van der Waals surface area contributed by atoms with E-state index in [0.29, 0.717) is 31.5 Å². The third-order valence-corrected chi connectivity index (χ3v) is 5.68. The second kappa shape index (κ2) is 8.62. The van der Waals surface area contributed by atoms with E-state index < -0.39 is 0 Å². The molecule has 4 heterocycles. The van der Waals surface area contributed by atoms with Gasteiger partial charge in [0.2, 0.25) is 0 Å². The van der Waals surface area contributed by atoms with Crippen molar-refractivity contribution < 1.29 is 4.79 Å². The second-order valence-corrected chi connectivity index (χ2v) is 7.87. The molecule has 9 heteroatoms. The quantitative estimate of drug-likeness (QED) is 0.522. The highest BCUT2D eigenvalue weighted by molar-refractivity contribution is 5.94. The highest BCUT2D eigenvalue weighted by Gasteiger charge is 2.22. The van der Waals surface area contributed by atoms with Crippen LogP contribution < -0.4 is 11.0 Å². The van der Waals surface area contributed by atoms with Gasteiger partial charge in [-0.05, 0) is 48.7 Å². The summed E-state index contributed by atoms with van der Waals surface area (Å²) in [5.41, 5.74) is 2.23. The van der Waals surface area contributed by atoms with Crippen LogP contribution in [0, 0.1) is 0 Å². The minimum absolute atomic E-state index is 0.0243. The summed E-state index contributed by atoms with van der Waals surface area (Å²) in [7, 11) is 0. The third-order valence-electron chi connectivity index (χ3n) is 5.68. The molecule has 0 fully saturated rings. The molecule has 1 N–H and O–H groups in total. The minimum Gasteiger partial charge on any atom is -0.349 e. The molecule has 0 radical (unpaired) electrons. The van der Waals surface area contributed by atoms with Gasteiger partial charge in [-0.2, -0.15) is 10.2 Å². The number of carbonyl (C=O) groups is 1. The van der Waals surface area contributed by atoms with Gasteiger partial charge in [0, 0.05) is 49.4 Å². The van der Waals surface area contributed by atoms with Crippen LogP contribution in [0.15, 0.2) is 72.0 Å². The average molecular weight is 429 g/mol. The van der Waals surface area contributed by atoms with E-state index in [9.17, 15) is 9.59 Å². The number of benzene rings is 1. The molecule has 1 unspecified atom stereocenters. The van der Waals surface area contributed by atoms with E-state index in [2.05, 4.69) is 20.5 Å². The standard InChI is InChI=1S/C23H23N7O2/c31-22(18-5-1-6-20(14-18)29-12-3-11-25-29)26-19-7-8-21-27-30(23(32)28(21)13-9-19)16-17-4-2-10-24-15-17/h1-6,10-12,14-15,19H,7-9,13,16H2,(H,26,31). The first kappa shape index (κ1) is 19.9. The van der Waals surface area contributed by atoms with Crippen molar-refractivity contribution in [2.75, 3.05) is 0 Å². The number of nitrogens with one attached hydrogen (secondary N) is 1. The average Bonchev–Trinajstić information content (AvgIpc) is 3.41. The van der Waals surface area contributed by atoms with E-state index in [-0.39, 0.29) is 17.6 Å². The molecule has 0 aliphatic carbocycles. The van der Waals surface area contributed by atoms with Crippen molar-refractivity contribution in [1.82, 2.24) is 34.4 Å². The molecule has 4 aromatic rings. The number of carbonyl (C=O) groups excluding carboxylic acids is 1. The Morgan fingerprint density at radius 3 is 2.88 bits per heavy atom. The van der Waals surface area contributed by atoms with E-state index in [1.165, 1.54) is 4.68 Å². The van der Waals surface area contributed by atoms with Crippen LogP contribution in [0.3, 0.4) is 0 Å². The van der Waals surface area contributed by atoms with E-state index in [0.717, 1.165) is 23.5 Å². The molecule has 5 rings (SSSR count). The van der Waals surface area contributed by atoms with Crippen LogP contribution in [0.5, 0.6) is 0 Å². The molecule has 1 aliphatic heterocycles. The zero-order valence-electron chi connectivity index (χ0n) is 17.5. The van der Waals surface area contributed by atoms with Gasteiger partial charge in [-0.15, -0.1) is 0 Å². The monoisotopic (exact) mass is 429 g/mol. The zero-order valence-corrected chi connectivity index (χ0v) is 17.5. The lowest BCUT2D eigenvalue weighted by molar-refractivity contribution is 0.0933. The summed E-state index contributed by atoms with van der Waals surface area (Å²) in [6.07, 6.45) is 9.02. The summed E-state index contributed by atoms with van der Waals surface area (Å²) in [4.78, 5) is 29.8. The zero-order chi connectivity index (χ0) is 21.9. The van der Waals surface area contributed by atoms with Gasteiger partial charge in [0.05, 0.1) is 12.2 Å². The molecule has 0 spiro atoms. The molecule has 1 atom stereocenters. The lowest BCUT2D eigenvalue weighted by atomic mass is 10.1. The first-order valence-corrected chi connectivity index (χ1v) is 10.6. The number of aryl methyl sites for hydroxylation is 1. The van der Waals surface area contributed by atoms with Crippen molar-refractivity contribution in [3.8, 4) is 5.69 Å². The number of hydrogen-bond donors (Lipinski definition) is 1.